The number of anilines is 2. The highest BCUT2D eigenvalue weighted by Crippen LogP contribution is 2.21. The molecule has 0 unspecified atom stereocenters. The van der Waals surface area contributed by atoms with E-state index in [2.05, 4.69) is 19.4 Å². The Morgan fingerprint density at radius 1 is 1.00 bits per heavy atom. The molecule has 24 heavy (non-hydrogen) atoms. The highest BCUT2D eigenvalue weighted by Gasteiger charge is 2.12. The Hall–Kier alpha value is -3.06. The summed E-state index contributed by atoms with van der Waals surface area (Å²) in [4.78, 5) is 24.3. The number of amides is 2. The maximum absolute atomic E-state index is 12.2. The number of hydrogen-bond donors (Lipinski definition) is 2. The molecular weight excluding hydrogens is 324 g/mol. The SMILES string of the molecule is Cc1ccc(NC(=O)c2ccccc2)cc1NC(=O)c1cnsn1. The number of nitrogens with one attached hydrogen (secondary N) is 2. The quantitative estimate of drug-likeness (QED) is 0.764. The summed E-state index contributed by atoms with van der Waals surface area (Å²) >= 11 is 0.974. The number of rotatable bonds is 4. The van der Waals surface area contributed by atoms with Crippen molar-refractivity contribution in [2.75, 3.05) is 10.6 Å². The fourth-order valence-corrected chi connectivity index (χ4v) is 2.49. The van der Waals surface area contributed by atoms with E-state index in [-0.39, 0.29) is 17.5 Å². The Morgan fingerprint density at radius 3 is 2.50 bits per heavy atom. The van der Waals surface area contributed by atoms with Gasteiger partial charge in [0.05, 0.1) is 17.9 Å². The molecule has 120 valence electrons. The molecule has 2 amide bonds. The van der Waals surface area contributed by atoms with Crippen LogP contribution in [0.4, 0.5) is 11.4 Å². The lowest BCUT2D eigenvalue weighted by molar-refractivity contribution is 0.101. The van der Waals surface area contributed by atoms with Gasteiger partial charge in [0, 0.05) is 16.9 Å². The summed E-state index contributed by atoms with van der Waals surface area (Å²) in [6, 6.07) is 14.3. The molecule has 0 atom stereocenters. The van der Waals surface area contributed by atoms with Crippen molar-refractivity contribution in [2.24, 2.45) is 0 Å². The van der Waals surface area contributed by atoms with E-state index in [9.17, 15) is 9.59 Å². The number of nitrogens with zero attached hydrogens (tertiary/aromatic N) is 2. The van der Waals surface area contributed by atoms with Crippen molar-refractivity contribution in [2.45, 2.75) is 6.92 Å². The minimum absolute atomic E-state index is 0.208. The molecule has 0 bridgehead atoms. The predicted octanol–water partition coefficient (Wildman–Crippen LogP) is 3.35. The Labute approximate surface area is 142 Å². The summed E-state index contributed by atoms with van der Waals surface area (Å²) in [6.45, 7) is 1.87. The summed E-state index contributed by atoms with van der Waals surface area (Å²) in [7, 11) is 0. The zero-order valence-corrected chi connectivity index (χ0v) is 13.6. The lowest BCUT2D eigenvalue weighted by atomic mass is 10.1. The fraction of sp³-hybridized carbons (Fsp3) is 0.0588. The van der Waals surface area contributed by atoms with Crippen LogP contribution in [0.25, 0.3) is 0 Å². The van der Waals surface area contributed by atoms with E-state index in [1.165, 1.54) is 6.20 Å². The van der Waals surface area contributed by atoms with Gasteiger partial charge in [-0.3, -0.25) is 9.59 Å². The molecule has 2 N–H and O–H groups in total. The third-order valence-electron chi connectivity index (χ3n) is 3.37. The van der Waals surface area contributed by atoms with Crippen LogP contribution in [0.2, 0.25) is 0 Å². The van der Waals surface area contributed by atoms with Crippen LogP contribution < -0.4 is 10.6 Å². The maximum Gasteiger partial charge on any atom is 0.277 e. The first kappa shape index (κ1) is 15.8. The van der Waals surface area contributed by atoms with Crippen LogP contribution in [0.5, 0.6) is 0 Å². The number of carbonyl (C=O) groups excluding carboxylic acids is 2. The van der Waals surface area contributed by atoms with Gasteiger partial charge in [-0.15, -0.1) is 0 Å². The van der Waals surface area contributed by atoms with Crippen LogP contribution >= 0.6 is 11.7 Å². The number of carbonyl (C=O) groups is 2. The van der Waals surface area contributed by atoms with Crippen LogP contribution in [0, 0.1) is 6.92 Å². The lowest BCUT2D eigenvalue weighted by Gasteiger charge is -2.11. The van der Waals surface area contributed by atoms with Crippen molar-refractivity contribution in [3.63, 3.8) is 0 Å². The van der Waals surface area contributed by atoms with E-state index in [0.717, 1.165) is 17.3 Å². The number of aryl methyl sites for hydroxylation is 1. The van der Waals surface area contributed by atoms with Gasteiger partial charge < -0.3 is 10.6 Å². The van der Waals surface area contributed by atoms with Crippen molar-refractivity contribution < 1.29 is 9.59 Å². The van der Waals surface area contributed by atoms with Crippen LogP contribution in [0.3, 0.4) is 0 Å². The van der Waals surface area contributed by atoms with Crippen molar-refractivity contribution >= 4 is 34.9 Å². The fourth-order valence-electron chi connectivity index (χ4n) is 2.08. The van der Waals surface area contributed by atoms with E-state index in [0.29, 0.717) is 16.9 Å². The largest absolute Gasteiger partial charge is 0.322 e. The van der Waals surface area contributed by atoms with E-state index in [1.54, 1.807) is 36.4 Å². The molecule has 0 saturated carbocycles. The summed E-state index contributed by atoms with van der Waals surface area (Å²) < 4.78 is 7.71. The first-order valence-corrected chi connectivity index (χ1v) is 7.92. The average molecular weight is 338 g/mol. The molecule has 2 aromatic carbocycles. The highest BCUT2D eigenvalue weighted by atomic mass is 32.1. The molecule has 1 aromatic heterocycles. The molecular formula is C17H14N4O2S. The molecule has 0 aliphatic rings. The van der Waals surface area contributed by atoms with E-state index in [1.807, 2.05) is 19.1 Å². The molecule has 0 aliphatic carbocycles. The normalized spacial score (nSPS) is 10.2. The molecule has 3 rings (SSSR count). The van der Waals surface area contributed by atoms with Gasteiger partial charge in [0.1, 0.15) is 0 Å². The molecule has 3 aromatic rings. The minimum Gasteiger partial charge on any atom is -0.322 e. The summed E-state index contributed by atoms with van der Waals surface area (Å²) in [5.41, 5.74) is 2.92. The Morgan fingerprint density at radius 2 is 1.79 bits per heavy atom. The van der Waals surface area contributed by atoms with Crippen LogP contribution in [-0.4, -0.2) is 20.6 Å². The van der Waals surface area contributed by atoms with Gasteiger partial charge in [0.15, 0.2) is 5.69 Å². The first-order chi connectivity index (χ1) is 11.6. The molecule has 0 radical (unpaired) electrons. The second-order valence-corrected chi connectivity index (χ2v) is 5.65. The minimum atomic E-state index is -0.335. The third-order valence-corrected chi connectivity index (χ3v) is 3.85. The zero-order valence-electron chi connectivity index (χ0n) is 12.8. The molecule has 1 heterocycles. The van der Waals surface area contributed by atoms with Crippen molar-refractivity contribution in [3.8, 4) is 0 Å². The number of aromatic nitrogens is 2. The number of benzene rings is 2. The van der Waals surface area contributed by atoms with Gasteiger partial charge in [-0.1, -0.05) is 24.3 Å². The maximum atomic E-state index is 12.2. The van der Waals surface area contributed by atoms with E-state index in [4.69, 9.17) is 0 Å². The first-order valence-electron chi connectivity index (χ1n) is 7.19. The molecule has 0 aliphatic heterocycles. The predicted molar refractivity (Wildman–Crippen MR) is 93.4 cm³/mol. The Kier molecular flexibility index (Phi) is 4.62. The van der Waals surface area contributed by atoms with Crippen LogP contribution in [0.15, 0.2) is 54.7 Å². The lowest BCUT2D eigenvalue weighted by Crippen LogP contribution is -2.15. The Bertz CT molecular complexity index is 864. The summed E-state index contributed by atoms with van der Waals surface area (Å²) in [5, 5.41) is 5.60. The second kappa shape index (κ2) is 7.01. The van der Waals surface area contributed by atoms with Crippen molar-refractivity contribution in [1.29, 1.82) is 0 Å². The van der Waals surface area contributed by atoms with Crippen molar-refractivity contribution in [3.05, 3.63) is 71.5 Å². The smallest absolute Gasteiger partial charge is 0.277 e. The van der Waals surface area contributed by atoms with Gasteiger partial charge in [0.2, 0.25) is 0 Å². The molecule has 6 nitrogen and oxygen atoms in total. The molecule has 0 saturated heterocycles. The monoisotopic (exact) mass is 338 g/mol. The van der Waals surface area contributed by atoms with Crippen LogP contribution in [-0.2, 0) is 0 Å². The second-order valence-electron chi connectivity index (χ2n) is 5.10. The van der Waals surface area contributed by atoms with Gasteiger partial charge in [0.25, 0.3) is 11.8 Å². The van der Waals surface area contributed by atoms with Crippen LogP contribution in [0.1, 0.15) is 26.4 Å². The van der Waals surface area contributed by atoms with E-state index >= 15 is 0 Å². The average Bonchev–Trinajstić information content (AvgIpc) is 3.13. The van der Waals surface area contributed by atoms with Gasteiger partial charge in [-0.05, 0) is 36.8 Å². The van der Waals surface area contributed by atoms with Crippen molar-refractivity contribution in [1.82, 2.24) is 8.75 Å². The molecule has 0 spiro atoms. The number of hydrogen-bond acceptors (Lipinski definition) is 5. The molecule has 7 heteroatoms. The van der Waals surface area contributed by atoms with Gasteiger partial charge in [-0.2, -0.15) is 8.75 Å². The molecule has 0 fully saturated rings. The van der Waals surface area contributed by atoms with E-state index < -0.39 is 0 Å². The summed E-state index contributed by atoms with van der Waals surface area (Å²) in [5.74, 6) is -0.543. The van der Waals surface area contributed by atoms with Gasteiger partial charge >= 0.3 is 0 Å². The highest BCUT2D eigenvalue weighted by molar-refractivity contribution is 6.99. The van der Waals surface area contributed by atoms with Gasteiger partial charge in [-0.25, -0.2) is 0 Å². The topological polar surface area (TPSA) is 84.0 Å². The Balaban J connectivity index is 1.76. The zero-order chi connectivity index (χ0) is 16.9. The standard InChI is InChI=1S/C17H14N4O2S/c1-11-7-8-13(19-16(22)12-5-3-2-4-6-12)9-14(11)20-17(23)15-10-18-24-21-15/h2-10H,1H3,(H,19,22)(H,20,23). The third kappa shape index (κ3) is 3.64. The summed E-state index contributed by atoms with van der Waals surface area (Å²) in [6.07, 6.45) is 1.41.